The Kier molecular flexibility index (Phi) is 4.86. The van der Waals surface area contributed by atoms with Gasteiger partial charge in [0.15, 0.2) is 0 Å². The van der Waals surface area contributed by atoms with Crippen LogP contribution in [-0.4, -0.2) is 10.9 Å². The van der Waals surface area contributed by atoms with Crippen LogP contribution in [0.2, 0.25) is 5.02 Å². The van der Waals surface area contributed by atoms with Crippen LogP contribution >= 0.6 is 23.4 Å². The Morgan fingerprint density at radius 3 is 2.53 bits per heavy atom. The Hall–Kier alpha value is -1.03. The second-order valence-corrected chi connectivity index (χ2v) is 5.79. The smallest absolute Gasteiger partial charge is 0.123 e. The molecule has 0 amide bonds. The lowest BCUT2D eigenvalue weighted by Crippen LogP contribution is -2.00. The monoisotopic (exact) mass is 296 g/mol. The van der Waals surface area contributed by atoms with Crippen LogP contribution in [0.3, 0.4) is 0 Å². The van der Waals surface area contributed by atoms with Gasteiger partial charge >= 0.3 is 0 Å². The standard InChI is InChI=1S/C15H14ClFOS/c1-10-2-3-11(8-14(10)16)15(18)9-19-13-6-4-12(17)5-7-13/h2-8,15,18H,9H2,1H3. The van der Waals surface area contributed by atoms with Crippen molar-refractivity contribution in [1.29, 1.82) is 0 Å². The number of halogens is 2. The molecule has 0 aliphatic carbocycles. The van der Waals surface area contributed by atoms with Gasteiger partial charge in [-0.1, -0.05) is 23.7 Å². The third-order valence-corrected chi connectivity index (χ3v) is 4.30. The topological polar surface area (TPSA) is 20.2 Å². The van der Waals surface area contributed by atoms with Gasteiger partial charge in [-0.25, -0.2) is 4.39 Å². The highest BCUT2D eigenvalue weighted by molar-refractivity contribution is 7.99. The summed E-state index contributed by atoms with van der Waals surface area (Å²) in [5.41, 5.74) is 1.79. The quantitative estimate of drug-likeness (QED) is 0.831. The molecule has 2 aromatic carbocycles. The molecule has 0 bridgehead atoms. The molecular formula is C15H14ClFOS. The number of thioether (sulfide) groups is 1. The van der Waals surface area contributed by atoms with Gasteiger partial charge in [0.05, 0.1) is 6.10 Å². The Balaban J connectivity index is 1.98. The van der Waals surface area contributed by atoms with Crippen molar-refractivity contribution < 1.29 is 9.50 Å². The molecule has 19 heavy (non-hydrogen) atoms. The van der Waals surface area contributed by atoms with Gasteiger partial charge in [-0.15, -0.1) is 11.8 Å². The van der Waals surface area contributed by atoms with E-state index in [2.05, 4.69) is 0 Å². The van der Waals surface area contributed by atoms with Crippen molar-refractivity contribution in [1.82, 2.24) is 0 Å². The zero-order valence-corrected chi connectivity index (χ0v) is 12.0. The summed E-state index contributed by atoms with van der Waals surface area (Å²) < 4.78 is 12.8. The molecule has 0 saturated heterocycles. The van der Waals surface area contributed by atoms with Crippen LogP contribution in [0, 0.1) is 12.7 Å². The number of aliphatic hydroxyl groups excluding tert-OH is 1. The van der Waals surface area contributed by atoms with Gasteiger partial charge in [0.25, 0.3) is 0 Å². The van der Waals surface area contributed by atoms with E-state index in [4.69, 9.17) is 11.6 Å². The Morgan fingerprint density at radius 1 is 1.21 bits per heavy atom. The van der Waals surface area contributed by atoms with Gasteiger partial charge in [-0.3, -0.25) is 0 Å². The fourth-order valence-corrected chi connectivity index (χ4v) is 2.68. The van der Waals surface area contributed by atoms with Crippen molar-refractivity contribution in [2.24, 2.45) is 0 Å². The highest BCUT2D eigenvalue weighted by atomic mass is 35.5. The van der Waals surface area contributed by atoms with E-state index < -0.39 is 6.10 Å². The molecule has 2 aromatic rings. The van der Waals surface area contributed by atoms with Gasteiger partial charge in [0.1, 0.15) is 5.82 Å². The minimum absolute atomic E-state index is 0.254. The zero-order chi connectivity index (χ0) is 13.8. The summed E-state index contributed by atoms with van der Waals surface area (Å²) in [4.78, 5) is 0.929. The SMILES string of the molecule is Cc1ccc(C(O)CSc2ccc(F)cc2)cc1Cl. The van der Waals surface area contributed by atoms with E-state index in [1.165, 1.54) is 23.9 Å². The van der Waals surface area contributed by atoms with Crippen LogP contribution in [0.15, 0.2) is 47.4 Å². The minimum atomic E-state index is -0.590. The second-order valence-electron chi connectivity index (χ2n) is 4.29. The molecule has 1 N–H and O–H groups in total. The van der Waals surface area contributed by atoms with Crippen LogP contribution in [0.1, 0.15) is 17.2 Å². The third kappa shape index (κ3) is 3.96. The van der Waals surface area contributed by atoms with Gasteiger partial charge in [0, 0.05) is 15.7 Å². The summed E-state index contributed by atoms with van der Waals surface area (Å²) in [5.74, 6) is 0.251. The molecule has 2 rings (SSSR count). The number of aliphatic hydroxyl groups is 1. The number of aryl methyl sites for hydroxylation is 1. The van der Waals surface area contributed by atoms with E-state index in [1.807, 2.05) is 19.1 Å². The van der Waals surface area contributed by atoms with E-state index in [-0.39, 0.29) is 5.82 Å². The van der Waals surface area contributed by atoms with Crippen LogP contribution in [0.5, 0.6) is 0 Å². The molecule has 0 aliphatic heterocycles. The first-order chi connectivity index (χ1) is 9.06. The van der Waals surface area contributed by atoms with Crippen LogP contribution < -0.4 is 0 Å². The van der Waals surface area contributed by atoms with E-state index in [0.717, 1.165) is 16.0 Å². The third-order valence-electron chi connectivity index (χ3n) is 2.80. The van der Waals surface area contributed by atoms with E-state index in [9.17, 15) is 9.50 Å². The van der Waals surface area contributed by atoms with Crippen LogP contribution in [0.25, 0.3) is 0 Å². The normalized spacial score (nSPS) is 12.4. The van der Waals surface area contributed by atoms with Crippen molar-refractivity contribution in [2.45, 2.75) is 17.9 Å². The molecule has 0 heterocycles. The maximum absolute atomic E-state index is 12.8. The summed E-state index contributed by atoms with van der Waals surface area (Å²) in [6.45, 7) is 1.92. The number of benzene rings is 2. The van der Waals surface area contributed by atoms with Crippen LogP contribution in [0.4, 0.5) is 4.39 Å². The summed E-state index contributed by atoms with van der Waals surface area (Å²) in [5, 5.41) is 10.8. The molecule has 0 aliphatic rings. The molecular weight excluding hydrogens is 283 g/mol. The average Bonchev–Trinajstić information content (AvgIpc) is 2.41. The lowest BCUT2D eigenvalue weighted by atomic mass is 10.1. The largest absolute Gasteiger partial charge is 0.388 e. The lowest BCUT2D eigenvalue weighted by molar-refractivity contribution is 0.204. The molecule has 4 heteroatoms. The minimum Gasteiger partial charge on any atom is -0.388 e. The molecule has 1 atom stereocenters. The molecule has 1 unspecified atom stereocenters. The van der Waals surface area contributed by atoms with Crippen LogP contribution in [-0.2, 0) is 0 Å². The summed E-state index contributed by atoms with van der Waals surface area (Å²) in [6, 6.07) is 11.8. The Morgan fingerprint density at radius 2 is 1.89 bits per heavy atom. The summed E-state index contributed by atoms with van der Waals surface area (Å²) in [6.07, 6.45) is -0.590. The molecule has 0 aromatic heterocycles. The zero-order valence-electron chi connectivity index (χ0n) is 10.4. The Labute approximate surface area is 121 Å². The lowest BCUT2D eigenvalue weighted by Gasteiger charge is -2.12. The highest BCUT2D eigenvalue weighted by Gasteiger charge is 2.09. The molecule has 0 spiro atoms. The van der Waals surface area contributed by atoms with Crippen molar-refractivity contribution in [3.8, 4) is 0 Å². The molecule has 0 radical (unpaired) electrons. The molecule has 0 saturated carbocycles. The average molecular weight is 297 g/mol. The molecule has 100 valence electrons. The van der Waals surface area contributed by atoms with E-state index >= 15 is 0 Å². The van der Waals surface area contributed by atoms with Crippen molar-refractivity contribution in [3.05, 3.63) is 64.4 Å². The fourth-order valence-electron chi connectivity index (χ4n) is 1.62. The Bertz CT molecular complexity index is 557. The van der Waals surface area contributed by atoms with Crippen molar-refractivity contribution in [3.63, 3.8) is 0 Å². The first-order valence-corrected chi connectivity index (χ1v) is 7.25. The maximum Gasteiger partial charge on any atom is 0.123 e. The van der Waals surface area contributed by atoms with E-state index in [0.29, 0.717) is 10.8 Å². The predicted molar refractivity (Wildman–Crippen MR) is 78.3 cm³/mol. The maximum atomic E-state index is 12.8. The van der Waals surface area contributed by atoms with Gasteiger partial charge in [-0.05, 0) is 48.4 Å². The van der Waals surface area contributed by atoms with Gasteiger partial charge < -0.3 is 5.11 Å². The van der Waals surface area contributed by atoms with Gasteiger partial charge in [-0.2, -0.15) is 0 Å². The molecule has 1 nitrogen and oxygen atoms in total. The number of hydrogen-bond acceptors (Lipinski definition) is 2. The second kappa shape index (κ2) is 6.42. The van der Waals surface area contributed by atoms with Crippen molar-refractivity contribution in [2.75, 3.05) is 5.75 Å². The first kappa shape index (κ1) is 14.4. The van der Waals surface area contributed by atoms with Gasteiger partial charge in [0.2, 0.25) is 0 Å². The molecule has 0 fully saturated rings. The first-order valence-electron chi connectivity index (χ1n) is 5.89. The highest BCUT2D eigenvalue weighted by Crippen LogP contribution is 2.27. The number of rotatable bonds is 4. The fraction of sp³-hybridized carbons (Fsp3) is 0.200. The number of hydrogen-bond donors (Lipinski definition) is 1. The predicted octanol–water partition coefficient (Wildman–Crippen LogP) is 4.61. The summed E-state index contributed by atoms with van der Waals surface area (Å²) in [7, 11) is 0. The summed E-state index contributed by atoms with van der Waals surface area (Å²) >= 11 is 7.52. The van der Waals surface area contributed by atoms with E-state index in [1.54, 1.807) is 18.2 Å². The van der Waals surface area contributed by atoms with Crippen molar-refractivity contribution >= 4 is 23.4 Å².